The Bertz CT molecular complexity index is 482. The zero-order valence-corrected chi connectivity index (χ0v) is 13.4. The SMILES string of the molecule is CC(C)NCCCCS(=O)(=O)NCCc1nccn1C. The van der Waals surface area contributed by atoms with E-state index in [0.717, 1.165) is 18.8 Å². The first-order chi connectivity index (χ1) is 9.41. The fraction of sp³-hybridized carbons (Fsp3) is 0.769. The third-order valence-electron chi connectivity index (χ3n) is 2.98. The fourth-order valence-electron chi connectivity index (χ4n) is 1.84. The van der Waals surface area contributed by atoms with Crippen molar-refractivity contribution in [3.63, 3.8) is 0 Å². The summed E-state index contributed by atoms with van der Waals surface area (Å²) < 4.78 is 28.1. The van der Waals surface area contributed by atoms with Gasteiger partial charge in [-0.1, -0.05) is 13.8 Å². The number of hydrogen-bond acceptors (Lipinski definition) is 4. The molecule has 1 aromatic rings. The van der Waals surface area contributed by atoms with Gasteiger partial charge in [-0.05, 0) is 19.4 Å². The molecular formula is C13H26N4O2S. The molecule has 0 aliphatic heterocycles. The number of aryl methyl sites for hydroxylation is 1. The van der Waals surface area contributed by atoms with Crippen LogP contribution < -0.4 is 10.0 Å². The minimum absolute atomic E-state index is 0.188. The average molecular weight is 302 g/mol. The van der Waals surface area contributed by atoms with E-state index in [0.29, 0.717) is 25.4 Å². The highest BCUT2D eigenvalue weighted by Crippen LogP contribution is 1.97. The summed E-state index contributed by atoms with van der Waals surface area (Å²) in [6.07, 6.45) is 5.73. The summed E-state index contributed by atoms with van der Waals surface area (Å²) in [7, 11) is -1.26. The van der Waals surface area contributed by atoms with E-state index >= 15 is 0 Å². The van der Waals surface area contributed by atoms with Gasteiger partial charge in [-0.25, -0.2) is 18.1 Å². The Labute approximate surface area is 122 Å². The maximum absolute atomic E-state index is 11.8. The van der Waals surface area contributed by atoms with Crippen molar-refractivity contribution in [2.45, 2.75) is 39.2 Å². The van der Waals surface area contributed by atoms with Crippen LogP contribution in [-0.2, 0) is 23.5 Å². The molecule has 0 saturated heterocycles. The predicted molar refractivity (Wildman–Crippen MR) is 81.1 cm³/mol. The Hall–Kier alpha value is -0.920. The van der Waals surface area contributed by atoms with E-state index in [4.69, 9.17) is 0 Å². The van der Waals surface area contributed by atoms with E-state index in [9.17, 15) is 8.42 Å². The Balaban J connectivity index is 2.16. The van der Waals surface area contributed by atoms with E-state index in [1.165, 1.54) is 0 Å². The normalized spacial score (nSPS) is 12.2. The van der Waals surface area contributed by atoms with Crippen molar-refractivity contribution in [2.75, 3.05) is 18.8 Å². The second kappa shape index (κ2) is 8.39. The number of nitrogens with zero attached hydrogens (tertiary/aromatic N) is 2. The molecule has 0 amide bonds. The number of imidazole rings is 1. The van der Waals surface area contributed by atoms with Crippen molar-refractivity contribution in [2.24, 2.45) is 7.05 Å². The molecule has 1 aromatic heterocycles. The van der Waals surface area contributed by atoms with Crippen LogP contribution in [0.15, 0.2) is 12.4 Å². The van der Waals surface area contributed by atoms with Crippen LogP contribution in [0, 0.1) is 0 Å². The van der Waals surface area contributed by atoms with E-state index in [2.05, 4.69) is 28.9 Å². The molecule has 116 valence electrons. The molecule has 2 N–H and O–H groups in total. The zero-order chi connectivity index (χ0) is 15.0. The summed E-state index contributed by atoms with van der Waals surface area (Å²) >= 11 is 0. The first kappa shape index (κ1) is 17.1. The maximum atomic E-state index is 11.8. The van der Waals surface area contributed by atoms with Crippen molar-refractivity contribution >= 4 is 10.0 Å². The standard InChI is InChI=1S/C13H26N4O2S/c1-12(2)14-7-4-5-11-20(18,19)16-8-6-13-15-9-10-17(13)3/h9-10,12,14,16H,4-8,11H2,1-3H3. The maximum Gasteiger partial charge on any atom is 0.211 e. The van der Waals surface area contributed by atoms with Crippen LogP contribution in [-0.4, -0.2) is 42.9 Å². The summed E-state index contributed by atoms with van der Waals surface area (Å²) in [6, 6.07) is 0.447. The van der Waals surface area contributed by atoms with Crippen molar-refractivity contribution in [3.8, 4) is 0 Å². The van der Waals surface area contributed by atoms with Gasteiger partial charge in [0.25, 0.3) is 0 Å². The summed E-state index contributed by atoms with van der Waals surface area (Å²) in [5.41, 5.74) is 0. The van der Waals surface area contributed by atoms with Gasteiger partial charge in [0.1, 0.15) is 5.82 Å². The monoisotopic (exact) mass is 302 g/mol. The molecule has 0 aliphatic rings. The van der Waals surface area contributed by atoms with Gasteiger partial charge in [0.2, 0.25) is 10.0 Å². The van der Waals surface area contributed by atoms with Gasteiger partial charge in [0, 0.05) is 38.4 Å². The Morgan fingerprint density at radius 3 is 2.65 bits per heavy atom. The summed E-state index contributed by atoms with van der Waals surface area (Å²) in [5.74, 6) is 1.07. The van der Waals surface area contributed by atoms with E-state index in [-0.39, 0.29) is 5.75 Å². The molecular weight excluding hydrogens is 276 g/mol. The Morgan fingerprint density at radius 2 is 2.05 bits per heavy atom. The highest BCUT2D eigenvalue weighted by molar-refractivity contribution is 7.89. The average Bonchev–Trinajstić information content (AvgIpc) is 2.74. The number of unbranched alkanes of at least 4 members (excludes halogenated alkanes) is 1. The van der Waals surface area contributed by atoms with Crippen molar-refractivity contribution < 1.29 is 8.42 Å². The topological polar surface area (TPSA) is 76.0 Å². The van der Waals surface area contributed by atoms with Gasteiger partial charge in [-0.3, -0.25) is 0 Å². The third-order valence-corrected chi connectivity index (χ3v) is 4.45. The van der Waals surface area contributed by atoms with Gasteiger partial charge in [0.15, 0.2) is 0 Å². The molecule has 0 spiro atoms. The molecule has 7 heteroatoms. The molecule has 6 nitrogen and oxygen atoms in total. The molecule has 0 aliphatic carbocycles. The van der Waals surface area contributed by atoms with Gasteiger partial charge >= 0.3 is 0 Å². The highest BCUT2D eigenvalue weighted by Gasteiger charge is 2.09. The van der Waals surface area contributed by atoms with Crippen LogP contribution in [0.5, 0.6) is 0 Å². The number of rotatable bonds is 10. The third kappa shape index (κ3) is 7.02. The highest BCUT2D eigenvalue weighted by atomic mass is 32.2. The summed E-state index contributed by atoms with van der Waals surface area (Å²) in [6.45, 7) is 5.42. The lowest BCUT2D eigenvalue weighted by Crippen LogP contribution is -2.29. The molecule has 20 heavy (non-hydrogen) atoms. The molecule has 0 radical (unpaired) electrons. The van der Waals surface area contributed by atoms with Crippen LogP contribution in [0.4, 0.5) is 0 Å². The van der Waals surface area contributed by atoms with Gasteiger partial charge in [-0.2, -0.15) is 0 Å². The first-order valence-corrected chi connectivity index (χ1v) is 8.73. The second-order valence-electron chi connectivity index (χ2n) is 5.23. The van der Waals surface area contributed by atoms with Crippen LogP contribution in [0.2, 0.25) is 0 Å². The van der Waals surface area contributed by atoms with Crippen LogP contribution in [0.25, 0.3) is 0 Å². The number of aromatic nitrogens is 2. The number of hydrogen-bond donors (Lipinski definition) is 2. The number of sulfonamides is 1. The van der Waals surface area contributed by atoms with Gasteiger partial charge in [-0.15, -0.1) is 0 Å². The molecule has 1 heterocycles. The van der Waals surface area contributed by atoms with Crippen LogP contribution in [0.1, 0.15) is 32.5 Å². The second-order valence-corrected chi connectivity index (χ2v) is 7.16. The van der Waals surface area contributed by atoms with E-state index in [1.807, 2.05) is 17.8 Å². The quantitative estimate of drug-likeness (QED) is 0.623. The van der Waals surface area contributed by atoms with Crippen LogP contribution >= 0.6 is 0 Å². The molecule has 1 rings (SSSR count). The summed E-state index contributed by atoms with van der Waals surface area (Å²) in [5, 5.41) is 3.27. The number of nitrogens with one attached hydrogen (secondary N) is 2. The lowest BCUT2D eigenvalue weighted by atomic mass is 10.3. The Morgan fingerprint density at radius 1 is 1.30 bits per heavy atom. The molecule has 0 fully saturated rings. The minimum atomic E-state index is -3.16. The summed E-state index contributed by atoms with van der Waals surface area (Å²) in [4.78, 5) is 4.16. The first-order valence-electron chi connectivity index (χ1n) is 7.07. The molecule has 0 unspecified atom stereocenters. The van der Waals surface area contributed by atoms with Gasteiger partial charge in [0.05, 0.1) is 5.75 Å². The molecule has 0 saturated carbocycles. The Kier molecular flexibility index (Phi) is 7.18. The lowest BCUT2D eigenvalue weighted by Gasteiger charge is -2.09. The largest absolute Gasteiger partial charge is 0.338 e. The molecule has 0 aromatic carbocycles. The van der Waals surface area contributed by atoms with Crippen molar-refractivity contribution in [3.05, 3.63) is 18.2 Å². The molecule has 0 atom stereocenters. The fourth-order valence-corrected chi connectivity index (χ4v) is 2.98. The molecule has 0 bridgehead atoms. The minimum Gasteiger partial charge on any atom is -0.338 e. The van der Waals surface area contributed by atoms with Crippen molar-refractivity contribution in [1.29, 1.82) is 0 Å². The van der Waals surface area contributed by atoms with Gasteiger partial charge < -0.3 is 9.88 Å². The van der Waals surface area contributed by atoms with E-state index in [1.54, 1.807) is 6.20 Å². The zero-order valence-electron chi connectivity index (χ0n) is 12.6. The predicted octanol–water partition coefficient (Wildman–Crippen LogP) is 0.660. The van der Waals surface area contributed by atoms with Crippen molar-refractivity contribution in [1.82, 2.24) is 19.6 Å². The lowest BCUT2D eigenvalue weighted by molar-refractivity contribution is 0.555. The van der Waals surface area contributed by atoms with E-state index < -0.39 is 10.0 Å². The van der Waals surface area contributed by atoms with Crippen LogP contribution in [0.3, 0.4) is 0 Å². The smallest absolute Gasteiger partial charge is 0.211 e.